The molecule has 2 aliphatic heterocycles. The van der Waals surface area contributed by atoms with Gasteiger partial charge in [-0.15, -0.1) is 0 Å². The Morgan fingerprint density at radius 1 is 0.416 bits per heavy atom. The molecule has 38 nitrogen and oxygen atoms in total. The first-order valence-corrected chi connectivity index (χ1v) is 49.5. The van der Waals surface area contributed by atoms with Gasteiger partial charge in [0.15, 0.2) is 5.03 Å². The summed E-state index contributed by atoms with van der Waals surface area (Å²) in [5.74, 6) is -1.74. The van der Waals surface area contributed by atoms with Gasteiger partial charge in [-0.05, 0) is 235 Å². The fourth-order valence-electron chi connectivity index (χ4n) is 17.1. The van der Waals surface area contributed by atoms with Gasteiger partial charge in [0.2, 0.25) is 0 Å². The van der Waals surface area contributed by atoms with Crippen molar-refractivity contribution in [2.75, 3.05) is 51.3 Å². The lowest BCUT2D eigenvalue weighted by atomic mass is 9.88. The maximum atomic E-state index is 13.3. The van der Waals surface area contributed by atoms with Crippen LogP contribution in [0.2, 0.25) is 0 Å². The Morgan fingerprint density at radius 3 is 1.10 bits per heavy atom. The van der Waals surface area contributed by atoms with Gasteiger partial charge in [-0.1, -0.05) is 26.0 Å². The van der Waals surface area contributed by atoms with E-state index in [4.69, 9.17) is 9.84 Å². The standard InChI is InChI=1S/C24H23FN6O3.C21H19FN6O4S.2C21H24FN5O.C18H15FN6O/c1-3-34-24(33)15(2)30-22-9-4-16(10-27-22)11-28-23(32)20-12-26-14-21-19(20)13-29-31(21)18-7-5-17(25)6-8-18;22-15-2-4-16(5-3-15)28-19-13-23-11-18(17(19)12-26-28)21(30)25-10-14-1-6-20(24-9-14)33(31,32)27-7-8-29;1-2-19(14-7-9-23-10-8-14)26-21(28)18-11-24-13-20-17(18)12-25-27(20)16-5-3-15(22)4-6-16;1-2-19(14-4-3-9-23-10-14)26-21(28)18-11-24-13-20-17(18)12-25-27(20)16-7-5-15(22)6-8-16;1-24-11-21-6-14(24)7-22-18(26)16-8-20-10-17-15(16)9-23-25(17)13-4-2-12(19)3-5-13/h4-10,12-15H,3,11H2,1-2H3,(H,27,30)(H,28,32);1-6,9,11-13,27,29H,7-8,10H2,(H,25,30);3-6,11-14,19,23H,2,7-10H2,1H3,(H,26,28);5-8,11-14,19,23H,2-4,9-10H2,1H3,(H,26,28);2-6,8-11H,7H2,1H3,(H,22,26). The number of carbonyl (C=O) groups is 6. The molecule has 2 aliphatic rings. The number of sulfonamides is 1. The van der Waals surface area contributed by atoms with Crippen molar-refractivity contribution in [2.45, 2.75) is 109 Å². The van der Waals surface area contributed by atoms with E-state index < -0.39 is 22.0 Å². The number of nitrogens with zero attached hydrogens (tertiary/aromatic N) is 19. The Morgan fingerprint density at radius 2 is 0.779 bits per heavy atom. The molecule has 149 heavy (non-hydrogen) atoms. The monoisotopic (exact) mass is 2040 g/mol. The van der Waals surface area contributed by atoms with Crippen LogP contribution in [0.4, 0.5) is 27.8 Å². The lowest BCUT2D eigenvalue weighted by molar-refractivity contribution is -0.143. The van der Waals surface area contributed by atoms with Crippen LogP contribution in [0.1, 0.15) is 135 Å². The quantitative estimate of drug-likeness (QED) is 0.0148. The molecule has 5 aromatic carbocycles. The Balaban J connectivity index is 0.000000133. The second-order valence-electron chi connectivity index (χ2n) is 34.8. The van der Waals surface area contributed by atoms with Crippen molar-refractivity contribution >= 4 is 106 Å². The van der Waals surface area contributed by atoms with Crippen molar-refractivity contribution in [3.8, 4) is 28.4 Å². The number of aliphatic hydroxyl groups excluding tert-OH is 1. The number of carbonyl (C=O) groups excluding carboxylic acids is 6. The molecule has 0 bridgehead atoms. The fourth-order valence-corrected chi connectivity index (χ4v) is 18.0. The topological polar surface area (TPSA) is 471 Å². The number of rotatable bonds is 30. The van der Waals surface area contributed by atoms with E-state index in [0.29, 0.717) is 125 Å². The molecule has 5 amide bonds. The number of hydrogen-bond acceptors (Lipinski definition) is 26. The Bertz CT molecular complexity index is 7660. The minimum absolute atomic E-state index is 0.110. The fraction of sp³-hybridized carbons (Fsp3) is 0.248. The number of nitrogens with one attached hydrogen (secondary N) is 9. The highest BCUT2D eigenvalue weighted by Crippen LogP contribution is 2.30. The van der Waals surface area contributed by atoms with E-state index in [0.717, 1.165) is 98.1 Å². The van der Waals surface area contributed by atoms with Crippen molar-refractivity contribution in [1.29, 1.82) is 0 Å². The molecule has 13 aromatic heterocycles. The van der Waals surface area contributed by atoms with Crippen molar-refractivity contribution < 1.29 is 69.0 Å². The van der Waals surface area contributed by atoms with Gasteiger partial charge in [-0.2, -0.15) is 25.5 Å². The van der Waals surface area contributed by atoms with Crippen LogP contribution < -0.4 is 47.3 Å². The van der Waals surface area contributed by atoms with E-state index in [2.05, 4.69) is 126 Å². The number of hydrogen-bond donors (Lipinski definition) is 10. The van der Waals surface area contributed by atoms with Crippen LogP contribution in [-0.2, 0) is 46.2 Å². The molecule has 766 valence electrons. The van der Waals surface area contributed by atoms with E-state index in [-0.39, 0.29) is 102 Å². The number of aliphatic hydroxyl groups is 1. The maximum Gasteiger partial charge on any atom is 0.328 e. The van der Waals surface area contributed by atoms with E-state index >= 15 is 0 Å². The third kappa shape index (κ3) is 25.6. The van der Waals surface area contributed by atoms with Crippen LogP contribution in [0.25, 0.3) is 83.0 Å². The van der Waals surface area contributed by atoms with Crippen molar-refractivity contribution in [1.82, 2.24) is 135 Å². The molecule has 18 aromatic rings. The Labute approximate surface area is 850 Å². The predicted molar refractivity (Wildman–Crippen MR) is 546 cm³/mol. The van der Waals surface area contributed by atoms with Crippen LogP contribution in [0, 0.1) is 40.9 Å². The summed E-state index contributed by atoms with van der Waals surface area (Å²) >= 11 is 0. The number of pyridine rings is 7. The first kappa shape index (κ1) is 105. The van der Waals surface area contributed by atoms with Crippen molar-refractivity contribution in [2.24, 2.45) is 18.9 Å². The number of aromatic nitrogens is 19. The summed E-state index contributed by atoms with van der Waals surface area (Å²) < 4.78 is 107. The van der Waals surface area contributed by atoms with Crippen molar-refractivity contribution in [3.05, 3.63) is 337 Å². The number of imidazole rings is 1. The van der Waals surface area contributed by atoms with Crippen LogP contribution in [0.5, 0.6) is 0 Å². The number of piperidine rings is 2. The summed E-state index contributed by atoms with van der Waals surface area (Å²) in [6.45, 7) is 12.2. The molecule has 10 N–H and O–H groups in total. The third-order valence-corrected chi connectivity index (χ3v) is 26.4. The average molecular weight is 2050 g/mol. The zero-order chi connectivity index (χ0) is 105. The van der Waals surface area contributed by atoms with Crippen LogP contribution in [0.3, 0.4) is 0 Å². The first-order valence-electron chi connectivity index (χ1n) is 48.0. The van der Waals surface area contributed by atoms with E-state index in [1.165, 1.54) is 104 Å². The van der Waals surface area contributed by atoms with Gasteiger partial charge in [0, 0.05) is 115 Å². The summed E-state index contributed by atoms with van der Waals surface area (Å²) in [4.78, 5) is 109. The van der Waals surface area contributed by atoms with Gasteiger partial charge in [0.1, 0.15) is 40.9 Å². The number of ether oxygens (including phenoxy) is 1. The molecule has 15 heterocycles. The Hall–Kier alpha value is -17.2. The molecule has 2 fully saturated rings. The number of aryl methyl sites for hydroxylation is 1. The molecule has 4 atom stereocenters. The molecule has 0 aliphatic carbocycles. The highest BCUT2D eigenvalue weighted by molar-refractivity contribution is 7.89. The number of halogens is 5. The van der Waals surface area contributed by atoms with Gasteiger partial charge in [0.25, 0.3) is 39.6 Å². The lowest BCUT2D eigenvalue weighted by Gasteiger charge is -2.30. The van der Waals surface area contributed by atoms with Gasteiger partial charge < -0.3 is 56.9 Å². The summed E-state index contributed by atoms with van der Waals surface area (Å²) in [7, 11) is -1.94. The highest BCUT2D eigenvalue weighted by Gasteiger charge is 2.30. The molecule has 44 heteroatoms. The molecule has 20 rings (SSSR count). The minimum Gasteiger partial charge on any atom is -0.464 e. The van der Waals surface area contributed by atoms with Gasteiger partial charge in [-0.25, -0.2) is 78.2 Å². The second-order valence-corrected chi connectivity index (χ2v) is 36.5. The molecule has 0 saturated carbocycles. The smallest absolute Gasteiger partial charge is 0.328 e. The SMILES string of the molecule is CCC(NC(=O)c1cncc2c1cnn2-c1ccc(F)cc1)C1CCCNC1.CCC(NC(=O)c1cncc2c1cnn2-c1ccc(F)cc1)C1CCNCC1.CCOC(=O)C(C)Nc1ccc(CNC(=O)c2cncc3c2cnn3-c2ccc(F)cc2)cn1.Cn1cncc1CNC(=O)c1cncc2c1cnn2-c1ccc(F)cc1.O=C(NCc1ccc(S(=O)(=O)NCCO)nc1)c1cncc2c1cnn2-c1ccc(F)cc1. The van der Waals surface area contributed by atoms with E-state index in [1.807, 2.05) is 11.6 Å². The van der Waals surface area contributed by atoms with E-state index in [1.54, 1.807) is 197 Å². The number of esters is 1. The van der Waals surface area contributed by atoms with E-state index in [9.17, 15) is 59.1 Å². The number of benzene rings is 5. The third-order valence-electron chi connectivity index (χ3n) is 25.0. The Kier molecular flexibility index (Phi) is 34.5. The number of fused-ring (bicyclic) bond motifs is 5. The molecule has 0 radical (unpaired) electrons. The molecular weight excluding hydrogens is 1940 g/mol. The number of anilines is 1. The normalized spacial score (nSPS) is 13.6. The summed E-state index contributed by atoms with van der Waals surface area (Å²) in [6.07, 6.45) is 36.3. The largest absolute Gasteiger partial charge is 0.464 e. The summed E-state index contributed by atoms with van der Waals surface area (Å²) in [5, 5.41) is 58.3. The number of amides is 5. The first-order chi connectivity index (χ1) is 72.3. The van der Waals surface area contributed by atoms with Gasteiger partial charge >= 0.3 is 5.97 Å². The summed E-state index contributed by atoms with van der Waals surface area (Å²) in [6, 6.07) is 35.9. The summed E-state index contributed by atoms with van der Waals surface area (Å²) in [5.41, 5.74) is 11.1. The second kappa shape index (κ2) is 49.1. The molecule has 4 unspecified atom stereocenters. The van der Waals surface area contributed by atoms with Crippen LogP contribution >= 0.6 is 0 Å². The highest BCUT2D eigenvalue weighted by atomic mass is 32.2. The molecule has 0 spiro atoms. The van der Waals surface area contributed by atoms with Gasteiger partial charge in [-0.3, -0.25) is 48.9 Å². The molecule has 2 saturated heterocycles. The zero-order valence-electron chi connectivity index (χ0n) is 81.4. The maximum absolute atomic E-state index is 13.3. The van der Waals surface area contributed by atoms with Crippen molar-refractivity contribution in [3.63, 3.8) is 0 Å². The molecular formula is C105H105F5N28O10S. The average Bonchev–Trinajstić information content (AvgIpc) is 1.65. The predicted octanol–water partition coefficient (Wildman–Crippen LogP) is 12.8. The zero-order valence-corrected chi connectivity index (χ0v) is 82.3. The van der Waals surface area contributed by atoms with Crippen LogP contribution in [-0.4, -0.2) is 206 Å². The lowest BCUT2D eigenvalue weighted by Crippen LogP contribution is -2.46. The van der Waals surface area contributed by atoms with Crippen LogP contribution in [0.15, 0.2) is 268 Å². The van der Waals surface area contributed by atoms with Gasteiger partial charge in [0.05, 0.1) is 178 Å². The minimum atomic E-state index is -3.81.